The third-order valence-electron chi connectivity index (χ3n) is 4.21. The average molecular weight is 286 g/mol. The molecule has 0 radical (unpaired) electrons. The lowest BCUT2D eigenvalue weighted by Gasteiger charge is -2.17. The Bertz CT molecular complexity index is 683. The maximum Gasteiger partial charge on any atom is 0.271 e. The van der Waals surface area contributed by atoms with Crippen molar-refractivity contribution in [2.45, 2.75) is 12.2 Å². The van der Waals surface area contributed by atoms with E-state index in [0.29, 0.717) is 0 Å². The van der Waals surface area contributed by atoms with Gasteiger partial charge in [0.25, 0.3) is 5.69 Å². The quantitative estimate of drug-likeness (QED) is 0.350. The lowest BCUT2D eigenvalue weighted by atomic mass is 9.85. The van der Waals surface area contributed by atoms with Crippen LogP contribution in [0.5, 0.6) is 0 Å². The molecule has 7 nitrogen and oxygen atoms in total. The van der Waals surface area contributed by atoms with Crippen molar-refractivity contribution >= 4 is 23.2 Å². The standard InChI is InChI=1S/C14H10N2O5/c17-13-11-9-4-5-10(21-9)12(11)14(18)15(13)7-2-1-3-8(6-7)16(19)20/h1-6,9-12H/t9-,10-,11+,12+/m1/s1. The second-order valence-corrected chi connectivity index (χ2v) is 5.29. The normalized spacial score (nSPS) is 32.9. The van der Waals surface area contributed by atoms with Crippen LogP contribution in [0.4, 0.5) is 11.4 Å². The number of non-ortho nitro benzene ring substituents is 1. The van der Waals surface area contributed by atoms with Gasteiger partial charge in [0, 0.05) is 12.1 Å². The summed E-state index contributed by atoms with van der Waals surface area (Å²) < 4.78 is 5.54. The second kappa shape index (κ2) is 3.98. The Balaban J connectivity index is 1.74. The number of rotatable bonds is 2. The predicted octanol–water partition coefficient (Wildman–Crippen LogP) is 1.04. The third kappa shape index (κ3) is 1.52. The number of hydrogen-bond donors (Lipinski definition) is 0. The number of fused-ring (bicyclic) bond motifs is 5. The van der Waals surface area contributed by atoms with Crippen LogP contribution < -0.4 is 4.90 Å². The topological polar surface area (TPSA) is 89.8 Å². The van der Waals surface area contributed by atoms with Gasteiger partial charge in [-0.15, -0.1) is 0 Å². The Morgan fingerprint density at radius 2 is 1.71 bits per heavy atom. The number of carbonyl (C=O) groups excluding carboxylic acids is 2. The van der Waals surface area contributed by atoms with E-state index < -0.39 is 16.8 Å². The van der Waals surface area contributed by atoms with E-state index in [-0.39, 0.29) is 35.4 Å². The first-order chi connectivity index (χ1) is 10.1. The molecule has 2 fully saturated rings. The number of nitrogens with zero attached hydrogens (tertiary/aromatic N) is 2. The number of nitro benzene ring substituents is 1. The first-order valence-electron chi connectivity index (χ1n) is 6.54. The summed E-state index contributed by atoms with van der Waals surface area (Å²) in [5, 5.41) is 10.8. The Kier molecular flexibility index (Phi) is 2.32. The minimum Gasteiger partial charge on any atom is -0.365 e. The lowest BCUT2D eigenvalue weighted by molar-refractivity contribution is -0.384. The maximum atomic E-state index is 12.5. The molecule has 0 aromatic heterocycles. The van der Waals surface area contributed by atoms with Crippen LogP contribution in [-0.4, -0.2) is 28.9 Å². The highest BCUT2D eigenvalue weighted by Gasteiger charge is 2.61. The average Bonchev–Trinajstić information content (AvgIpc) is 3.13. The first kappa shape index (κ1) is 12.2. The monoisotopic (exact) mass is 286 g/mol. The zero-order chi connectivity index (χ0) is 14.7. The minimum absolute atomic E-state index is 0.150. The zero-order valence-electron chi connectivity index (χ0n) is 10.7. The molecule has 7 heteroatoms. The lowest BCUT2D eigenvalue weighted by Crippen LogP contribution is -2.34. The van der Waals surface area contributed by atoms with E-state index in [9.17, 15) is 19.7 Å². The van der Waals surface area contributed by atoms with Gasteiger partial charge < -0.3 is 4.74 Å². The molecule has 106 valence electrons. The number of imide groups is 1. The van der Waals surface area contributed by atoms with Crippen molar-refractivity contribution in [2.75, 3.05) is 4.90 Å². The van der Waals surface area contributed by atoms with Gasteiger partial charge in [-0.25, -0.2) is 4.90 Å². The number of benzene rings is 1. The van der Waals surface area contributed by atoms with Gasteiger partial charge in [-0.1, -0.05) is 18.2 Å². The minimum atomic E-state index is -0.552. The summed E-state index contributed by atoms with van der Waals surface area (Å²) in [5.41, 5.74) is 0.0931. The van der Waals surface area contributed by atoms with Crippen LogP contribution in [0.1, 0.15) is 0 Å². The molecule has 3 aliphatic rings. The van der Waals surface area contributed by atoms with Crippen LogP contribution >= 0.6 is 0 Å². The molecule has 1 aromatic carbocycles. The molecule has 21 heavy (non-hydrogen) atoms. The highest BCUT2D eigenvalue weighted by molar-refractivity contribution is 6.23. The SMILES string of the molecule is O=C1[C@@H]2[C@@H](C(=O)N1c1cccc([N+](=O)[O-])c1)[C@H]1C=C[C@H]2O1. The van der Waals surface area contributed by atoms with Crippen molar-refractivity contribution in [3.05, 3.63) is 46.5 Å². The Labute approximate surface area is 118 Å². The number of hydrogen-bond acceptors (Lipinski definition) is 5. The van der Waals surface area contributed by atoms with E-state index in [0.717, 1.165) is 4.90 Å². The molecule has 0 saturated carbocycles. The number of ether oxygens (including phenoxy) is 1. The summed E-state index contributed by atoms with van der Waals surface area (Å²) in [6.45, 7) is 0. The van der Waals surface area contributed by atoms with Gasteiger partial charge in [0.15, 0.2) is 0 Å². The van der Waals surface area contributed by atoms with Gasteiger partial charge in [-0.3, -0.25) is 19.7 Å². The van der Waals surface area contributed by atoms with Crippen LogP contribution in [0.15, 0.2) is 36.4 Å². The van der Waals surface area contributed by atoms with E-state index in [1.165, 1.54) is 24.3 Å². The fourth-order valence-electron chi connectivity index (χ4n) is 3.30. The molecular weight excluding hydrogens is 276 g/mol. The highest BCUT2D eigenvalue weighted by Crippen LogP contribution is 2.46. The van der Waals surface area contributed by atoms with Crippen LogP contribution in [0.3, 0.4) is 0 Å². The number of carbonyl (C=O) groups is 2. The summed E-state index contributed by atoms with van der Waals surface area (Å²) in [6.07, 6.45) is 2.88. The predicted molar refractivity (Wildman–Crippen MR) is 70.4 cm³/mol. The molecule has 2 amide bonds. The van der Waals surface area contributed by atoms with Crippen molar-refractivity contribution in [2.24, 2.45) is 11.8 Å². The summed E-state index contributed by atoms with van der Waals surface area (Å²) in [4.78, 5) is 36.3. The van der Waals surface area contributed by atoms with Crippen molar-refractivity contribution < 1.29 is 19.2 Å². The van der Waals surface area contributed by atoms with Gasteiger partial charge in [-0.05, 0) is 6.07 Å². The molecule has 4 atom stereocenters. The molecule has 2 bridgehead atoms. The summed E-state index contributed by atoms with van der Waals surface area (Å²) >= 11 is 0. The van der Waals surface area contributed by atoms with Crippen LogP contribution in [0.25, 0.3) is 0 Å². The summed E-state index contributed by atoms with van der Waals surface area (Å²) in [5.74, 6) is -1.71. The van der Waals surface area contributed by atoms with Gasteiger partial charge in [0.05, 0.1) is 34.7 Å². The van der Waals surface area contributed by atoms with Crippen molar-refractivity contribution in [1.82, 2.24) is 0 Å². The van der Waals surface area contributed by atoms with Gasteiger partial charge in [-0.2, -0.15) is 0 Å². The summed E-state index contributed by atoms with van der Waals surface area (Å²) in [7, 11) is 0. The number of amides is 2. The van der Waals surface area contributed by atoms with Gasteiger partial charge in [0.1, 0.15) is 0 Å². The Morgan fingerprint density at radius 1 is 1.10 bits per heavy atom. The fourth-order valence-corrected chi connectivity index (χ4v) is 3.30. The molecule has 1 aromatic rings. The van der Waals surface area contributed by atoms with E-state index >= 15 is 0 Å². The molecule has 0 spiro atoms. The second-order valence-electron chi connectivity index (χ2n) is 5.29. The molecule has 0 N–H and O–H groups in total. The van der Waals surface area contributed by atoms with Crippen LogP contribution in [0, 0.1) is 22.0 Å². The third-order valence-corrected chi connectivity index (χ3v) is 4.21. The smallest absolute Gasteiger partial charge is 0.271 e. The highest BCUT2D eigenvalue weighted by atomic mass is 16.6. The molecule has 0 unspecified atom stereocenters. The van der Waals surface area contributed by atoms with Crippen molar-refractivity contribution in [3.63, 3.8) is 0 Å². The summed E-state index contributed by atoms with van der Waals surface area (Å²) in [6, 6.07) is 5.56. The molecule has 2 saturated heterocycles. The maximum absolute atomic E-state index is 12.5. The van der Waals surface area contributed by atoms with E-state index in [2.05, 4.69) is 0 Å². The first-order valence-corrected chi connectivity index (χ1v) is 6.54. The van der Waals surface area contributed by atoms with E-state index in [1.54, 1.807) is 12.2 Å². The molecular formula is C14H10N2O5. The van der Waals surface area contributed by atoms with E-state index in [4.69, 9.17) is 4.74 Å². The van der Waals surface area contributed by atoms with Gasteiger partial charge in [0.2, 0.25) is 11.8 Å². The van der Waals surface area contributed by atoms with Crippen LogP contribution in [-0.2, 0) is 14.3 Å². The van der Waals surface area contributed by atoms with E-state index in [1.807, 2.05) is 0 Å². The van der Waals surface area contributed by atoms with Crippen molar-refractivity contribution in [1.29, 1.82) is 0 Å². The largest absolute Gasteiger partial charge is 0.365 e. The molecule has 4 rings (SSSR count). The molecule has 3 aliphatic heterocycles. The zero-order valence-corrected chi connectivity index (χ0v) is 10.7. The Hall–Kier alpha value is -2.54. The molecule has 3 heterocycles. The Morgan fingerprint density at radius 3 is 2.29 bits per heavy atom. The fraction of sp³-hybridized carbons (Fsp3) is 0.286. The number of nitro groups is 1. The molecule has 0 aliphatic carbocycles. The number of anilines is 1. The van der Waals surface area contributed by atoms with Gasteiger partial charge >= 0.3 is 0 Å². The van der Waals surface area contributed by atoms with Crippen molar-refractivity contribution in [3.8, 4) is 0 Å². The van der Waals surface area contributed by atoms with Crippen LogP contribution in [0.2, 0.25) is 0 Å².